The van der Waals surface area contributed by atoms with Gasteiger partial charge in [-0.05, 0) is 37.8 Å². The van der Waals surface area contributed by atoms with Crippen molar-refractivity contribution >= 4 is 11.3 Å². The number of methoxy groups -OCH3 is 1. The van der Waals surface area contributed by atoms with E-state index in [2.05, 4.69) is 34.1 Å². The van der Waals surface area contributed by atoms with Crippen molar-refractivity contribution < 1.29 is 9.84 Å². The summed E-state index contributed by atoms with van der Waals surface area (Å²) in [4.78, 5) is 5.47. The largest absolute Gasteiger partial charge is 0.383 e. The minimum Gasteiger partial charge on any atom is -0.383 e. The van der Waals surface area contributed by atoms with Gasteiger partial charge < -0.3 is 14.4 Å². The summed E-state index contributed by atoms with van der Waals surface area (Å²) < 4.78 is 7.36. The molecule has 1 saturated carbocycles. The van der Waals surface area contributed by atoms with E-state index in [1.807, 2.05) is 6.20 Å². The van der Waals surface area contributed by atoms with E-state index in [0.29, 0.717) is 12.6 Å². The van der Waals surface area contributed by atoms with E-state index in [9.17, 15) is 5.11 Å². The van der Waals surface area contributed by atoms with Crippen molar-refractivity contribution in [3.63, 3.8) is 0 Å². The molecule has 0 bridgehead atoms. The molecule has 0 unspecified atom stereocenters. The average Bonchev–Trinajstić information content (AvgIpc) is 3.11. The van der Waals surface area contributed by atoms with Crippen LogP contribution in [0.2, 0.25) is 0 Å². The third kappa shape index (κ3) is 2.66. The minimum absolute atomic E-state index is 0.503. The molecule has 2 heterocycles. The molecule has 108 valence electrons. The number of rotatable bonds is 4. The molecule has 4 nitrogen and oxygen atoms in total. The molecule has 1 aliphatic carbocycles. The normalized spacial score (nSPS) is 26.8. The summed E-state index contributed by atoms with van der Waals surface area (Å²) >= 11 is 1.57. The SMILES string of the molecule is COCc1cnc(C2(O)CCC(n3cccc3)CC2)s1. The number of nitrogens with zero attached hydrogens (tertiary/aromatic N) is 2. The minimum atomic E-state index is -0.750. The van der Waals surface area contributed by atoms with Crippen LogP contribution in [0.3, 0.4) is 0 Å². The van der Waals surface area contributed by atoms with E-state index in [0.717, 1.165) is 35.6 Å². The summed E-state index contributed by atoms with van der Waals surface area (Å²) in [6.07, 6.45) is 9.56. The van der Waals surface area contributed by atoms with Gasteiger partial charge in [0.05, 0.1) is 11.5 Å². The number of aromatic nitrogens is 2. The predicted octanol–water partition coefficient (Wildman–Crippen LogP) is 3.09. The van der Waals surface area contributed by atoms with Crippen molar-refractivity contribution in [2.75, 3.05) is 7.11 Å². The Labute approximate surface area is 123 Å². The van der Waals surface area contributed by atoms with Gasteiger partial charge in [0.2, 0.25) is 0 Å². The molecule has 1 aliphatic rings. The van der Waals surface area contributed by atoms with Crippen molar-refractivity contribution in [3.05, 3.63) is 40.6 Å². The van der Waals surface area contributed by atoms with Crippen LogP contribution in [-0.4, -0.2) is 21.8 Å². The molecule has 0 atom stereocenters. The third-order valence-electron chi connectivity index (χ3n) is 4.07. The highest BCUT2D eigenvalue weighted by Crippen LogP contribution is 2.42. The van der Waals surface area contributed by atoms with Crippen LogP contribution in [0.4, 0.5) is 0 Å². The number of hydrogen-bond acceptors (Lipinski definition) is 4. The topological polar surface area (TPSA) is 47.3 Å². The van der Waals surface area contributed by atoms with Crippen LogP contribution in [0.25, 0.3) is 0 Å². The average molecular weight is 292 g/mol. The molecular weight excluding hydrogens is 272 g/mol. The van der Waals surface area contributed by atoms with Gasteiger partial charge in [0.1, 0.15) is 10.6 Å². The summed E-state index contributed by atoms with van der Waals surface area (Å²) in [6.45, 7) is 0.569. The fourth-order valence-corrected chi connectivity index (χ4v) is 3.95. The van der Waals surface area contributed by atoms with E-state index in [1.165, 1.54) is 0 Å². The summed E-state index contributed by atoms with van der Waals surface area (Å²) in [5.41, 5.74) is -0.750. The zero-order valence-corrected chi connectivity index (χ0v) is 12.5. The van der Waals surface area contributed by atoms with Gasteiger partial charge in [-0.15, -0.1) is 11.3 Å². The van der Waals surface area contributed by atoms with Gasteiger partial charge in [-0.25, -0.2) is 4.98 Å². The fourth-order valence-electron chi connectivity index (χ4n) is 2.92. The highest BCUT2D eigenvalue weighted by molar-refractivity contribution is 7.11. The molecule has 1 fully saturated rings. The molecule has 5 heteroatoms. The van der Waals surface area contributed by atoms with Gasteiger partial charge in [0.15, 0.2) is 0 Å². The van der Waals surface area contributed by atoms with Crippen molar-refractivity contribution in [2.24, 2.45) is 0 Å². The molecule has 0 amide bonds. The van der Waals surface area contributed by atoms with Gasteiger partial charge in [0, 0.05) is 31.7 Å². The molecule has 2 aromatic heterocycles. The Bertz CT molecular complexity index is 542. The number of aliphatic hydroxyl groups is 1. The third-order valence-corrected chi connectivity index (χ3v) is 5.23. The highest BCUT2D eigenvalue weighted by Gasteiger charge is 2.37. The summed E-state index contributed by atoms with van der Waals surface area (Å²) in [7, 11) is 1.68. The standard InChI is InChI=1S/C15H20N2O2S/c1-19-11-13-10-16-14(20-13)15(18)6-4-12(5-7-15)17-8-2-3-9-17/h2-3,8-10,12,18H,4-7,11H2,1H3. The van der Waals surface area contributed by atoms with Crippen LogP contribution in [0.15, 0.2) is 30.7 Å². The second kappa shape index (κ2) is 5.68. The van der Waals surface area contributed by atoms with Crippen LogP contribution < -0.4 is 0 Å². The predicted molar refractivity (Wildman–Crippen MR) is 78.7 cm³/mol. The molecule has 0 aliphatic heterocycles. The Balaban J connectivity index is 1.68. The van der Waals surface area contributed by atoms with Gasteiger partial charge >= 0.3 is 0 Å². The summed E-state index contributed by atoms with van der Waals surface area (Å²) in [6, 6.07) is 4.61. The number of thiazole rings is 1. The maximum absolute atomic E-state index is 10.8. The Morgan fingerprint density at radius 1 is 1.40 bits per heavy atom. The summed E-state index contributed by atoms with van der Waals surface area (Å²) in [5.74, 6) is 0. The van der Waals surface area contributed by atoms with Crippen LogP contribution in [-0.2, 0) is 16.9 Å². The van der Waals surface area contributed by atoms with E-state index in [1.54, 1.807) is 18.4 Å². The van der Waals surface area contributed by atoms with Crippen molar-refractivity contribution in [3.8, 4) is 0 Å². The van der Waals surface area contributed by atoms with E-state index in [4.69, 9.17) is 4.74 Å². The quantitative estimate of drug-likeness (QED) is 0.942. The molecular formula is C15H20N2O2S. The first-order valence-corrected chi connectivity index (χ1v) is 7.82. The fraction of sp³-hybridized carbons (Fsp3) is 0.533. The lowest BCUT2D eigenvalue weighted by molar-refractivity contribution is -0.0124. The maximum atomic E-state index is 10.8. The first kappa shape index (κ1) is 13.8. The Kier molecular flexibility index (Phi) is 3.92. The molecule has 3 rings (SSSR count). The molecule has 0 aromatic carbocycles. The van der Waals surface area contributed by atoms with Gasteiger partial charge in [0.25, 0.3) is 0 Å². The van der Waals surface area contributed by atoms with Crippen LogP contribution in [0, 0.1) is 0 Å². The van der Waals surface area contributed by atoms with Crippen LogP contribution in [0.5, 0.6) is 0 Å². The van der Waals surface area contributed by atoms with Crippen molar-refractivity contribution in [1.29, 1.82) is 0 Å². The number of hydrogen-bond donors (Lipinski definition) is 1. The summed E-state index contributed by atoms with van der Waals surface area (Å²) in [5, 5.41) is 11.7. The number of ether oxygens (including phenoxy) is 1. The van der Waals surface area contributed by atoms with Crippen molar-refractivity contribution in [2.45, 2.75) is 43.9 Å². The zero-order valence-electron chi connectivity index (χ0n) is 11.7. The van der Waals surface area contributed by atoms with E-state index >= 15 is 0 Å². The first-order valence-electron chi connectivity index (χ1n) is 7.00. The Hall–Kier alpha value is -1.17. The van der Waals surface area contributed by atoms with Crippen LogP contribution in [0.1, 0.15) is 41.6 Å². The monoisotopic (exact) mass is 292 g/mol. The maximum Gasteiger partial charge on any atom is 0.125 e. The van der Waals surface area contributed by atoms with Crippen molar-refractivity contribution in [1.82, 2.24) is 9.55 Å². The van der Waals surface area contributed by atoms with Crippen LogP contribution >= 0.6 is 11.3 Å². The molecule has 0 radical (unpaired) electrons. The molecule has 2 aromatic rings. The molecule has 1 N–H and O–H groups in total. The Morgan fingerprint density at radius 3 is 2.75 bits per heavy atom. The van der Waals surface area contributed by atoms with E-state index < -0.39 is 5.60 Å². The zero-order chi connectivity index (χ0) is 14.0. The molecule has 20 heavy (non-hydrogen) atoms. The lowest BCUT2D eigenvalue weighted by atomic mass is 9.82. The molecule has 0 spiro atoms. The lowest BCUT2D eigenvalue weighted by Gasteiger charge is -2.35. The van der Waals surface area contributed by atoms with E-state index in [-0.39, 0.29) is 0 Å². The second-order valence-corrected chi connectivity index (χ2v) is 6.57. The second-order valence-electron chi connectivity index (χ2n) is 5.46. The lowest BCUT2D eigenvalue weighted by Crippen LogP contribution is -2.32. The Morgan fingerprint density at radius 2 is 2.10 bits per heavy atom. The van der Waals surface area contributed by atoms with Gasteiger partial charge in [-0.2, -0.15) is 0 Å². The van der Waals surface area contributed by atoms with Gasteiger partial charge in [-0.1, -0.05) is 0 Å². The van der Waals surface area contributed by atoms with Gasteiger partial charge in [-0.3, -0.25) is 0 Å². The first-order chi connectivity index (χ1) is 9.71. The smallest absolute Gasteiger partial charge is 0.125 e. The highest BCUT2D eigenvalue weighted by atomic mass is 32.1. The molecule has 0 saturated heterocycles.